The summed E-state index contributed by atoms with van der Waals surface area (Å²) in [6.07, 6.45) is 6.00. The van der Waals surface area contributed by atoms with Crippen molar-refractivity contribution in [2.24, 2.45) is 5.41 Å². The predicted molar refractivity (Wildman–Crippen MR) is 85.7 cm³/mol. The van der Waals surface area contributed by atoms with Crippen LogP contribution in [0.15, 0.2) is 22.7 Å². The highest BCUT2D eigenvalue weighted by molar-refractivity contribution is 9.10. The minimum Gasteiger partial charge on any atom is -0.481 e. The van der Waals surface area contributed by atoms with Crippen LogP contribution in [0.5, 0.6) is 5.75 Å². The summed E-state index contributed by atoms with van der Waals surface area (Å²) in [4.78, 5) is 0. The molecule has 0 atom stereocenters. The van der Waals surface area contributed by atoms with Gasteiger partial charge < -0.3 is 15.2 Å². The average molecular weight is 340 g/mol. The molecule has 0 radical (unpaired) electrons. The Bertz CT molecular complexity index is 466. The molecule has 0 saturated carbocycles. The maximum Gasteiger partial charge on any atom is 0.148 e. The standard InChI is InChI=1S/C16H22BrNO2/c1-4-9-20-15-6-5-14(17)10-13(15)11-18-12-16(2,3)7-8-19/h1,5-6,10,18-19H,7-9,11-12H2,2-3H3. The highest BCUT2D eigenvalue weighted by atomic mass is 79.9. The molecule has 0 aliphatic rings. The number of hydrogen-bond acceptors (Lipinski definition) is 3. The summed E-state index contributed by atoms with van der Waals surface area (Å²) in [6.45, 7) is 6.27. The van der Waals surface area contributed by atoms with Gasteiger partial charge in [-0.1, -0.05) is 35.7 Å². The number of halogens is 1. The molecule has 0 aromatic heterocycles. The Morgan fingerprint density at radius 3 is 2.85 bits per heavy atom. The summed E-state index contributed by atoms with van der Waals surface area (Å²) >= 11 is 3.46. The maximum atomic E-state index is 9.02. The predicted octanol–water partition coefficient (Wildman–Crippen LogP) is 2.96. The first-order valence-corrected chi connectivity index (χ1v) is 7.44. The van der Waals surface area contributed by atoms with E-state index < -0.39 is 0 Å². The number of terminal acetylenes is 1. The van der Waals surface area contributed by atoms with Gasteiger partial charge in [-0.3, -0.25) is 0 Å². The van der Waals surface area contributed by atoms with Crippen molar-refractivity contribution < 1.29 is 9.84 Å². The highest BCUT2D eigenvalue weighted by Crippen LogP contribution is 2.24. The summed E-state index contributed by atoms with van der Waals surface area (Å²) in [5, 5.41) is 12.4. The Hall–Kier alpha value is -1.02. The Labute approximate surface area is 129 Å². The van der Waals surface area contributed by atoms with E-state index in [0.717, 1.165) is 28.8 Å². The summed E-state index contributed by atoms with van der Waals surface area (Å²) in [5.41, 5.74) is 1.13. The largest absolute Gasteiger partial charge is 0.481 e. The van der Waals surface area contributed by atoms with Crippen LogP contribution in [0.2, 0.25) is 0 Å². The van der Waals surface area contributed by atoms with Crippen LogP contribution in [-0.2, 0) is 6.54 Å². The molecule has 0 fully saturated rings. The van der Waals surface area contributed by atoms with Gasteiger partial charge in [0.25, 0.3) is 0 Å². The van der Waals surface area contributed by atoms with E-state index in [-0.39, 0.29) is 18.6 Å². The van der Waals surface area contributed by atoms with E-state index in [4.69, 9.17) is 16.3 Å². The molecule has 0 aliphatic carbocycles. The molecule has 2 N–H and O–H groups in total. The fraction of sp³-hybridized carbons (Fsp3) is 0.500. The Morgan fingerprint density at radius 2 is 2.20 bits per heavy atom. The summed E-state index contributed by atoms with van der Waals surface area (Å²) in [7, 11) is 0. The molecule has 1 aromatic rings. The molecule has 20 heavy (non-hydrogen) atoms. The zero-order valence-corrected chi connectivity index (χ0v) is 13.7. The van der Waals surface area contributed by atoms with Crippen molar-refractivity contribution in [2.45, 2.75) is 26.8 Å². The molecule has 0 spiro atoms. The number of aliphatic hydroxyl groups is 1. The lowest BCUT2D eigenvalue weighted by Gasteiger charge is -2.24. The first-order chi connectivity index (χ1) is 9.48. The zero-order chi connectivity index (χ0) is 15.0. The monoisotopic (exact) mass is 339 g/mol. The summed E-state index contributed by atoms with van der Waals surface area (Å²) in [6, 6.07) is 5.88. The van der Waals surface area contributed by atoms with Crippen molar-refractivity contribution in [2.75, 3.05) is 19.8 Å². The van der Waals surface area contributed by atoms with Crippen molar-refractivity contribution in [3.05, 3.63) is 28.2 Å². The number of nitrogens with one attached hydrogen (secondary N) is 1. The number of rotatable bonds is 8. The first kappa shape index (κ1) is 17.0. The lowest BCUT2D eigenvalue weighted by Crippen LogP contribution is -2.30. The molecule has 110 valence electrons. The van der Waals surface area contributed by atoms with E-state index in [2.05, 4.69) is 41.0 Å². The molecule has 4 heteroatoms. The number of ether oxygens (including phenoxy) is 1. The van der Waals surface area contributed by atoms with Gasteiger partial charge in [0.2, 0.25) is 0 Å². The summed E-state index contributed by atoms with van der Waals surface area (Å²) in [5.74, 6) is 3.28. The van der Waals surface area contributed by atoms with Gasteiger partial charge in [-0.05, 0) is 30.0 Å². The van der Waals surface area contributed by atoms with E-state index in [9.17, 15) is 0 Å². The Kier molecular flexibility index (Phi) is 7.08. The molecule has 1 aromatic carbocycles. The van der Waals surface area contributed by atoms with Gasteiger partial charge in [-0.25, -0.2) is 0 Å². The normalized spacial score (nSPS) is 11.2. The van der Waals surface area contributed by atoms with Crippen molar-refractivity contribution in [3.8, 4) is 18.1 Å². The van der Waals surface area contributed by atoms with E-state index >= 15 is 0 Å². The number of benzene rings is 1. The van der Waals surface area contributed by atoms with Crippen LogP contribution in [0, 0.1) is 17.8 Å². The van der Waals surface area contributed by atoms with Crippen LogP contribution in [0.25, 0.3) is 0 Å². The Balaban J connectivity index is 2.62. The van der Waals surface area contributed by atoms with Gasteiger partial charge in [0.05, 0.1) is 0 Å². The molecular weight excluding hydrogens is 318 g/mol. The van der Waals surface area contributed by atoms with Gasteiger partial charge in [0, 0.05) is 29.7 Å². The summed E-state index contributed by atoms with van der Waals surface area (Å²) < 4.78 is 6.55. The topological polar surface area (TPSA) is 41.5 Å². The molecule has 0 heterocycles. The molecule has 1 rings (SSSR count). The minimum atomic E-state index is 0.0700. The van der Waals surface area contributed by atoms with Gasteiger partial charge in [-0.2, -0.15) is 0 Å². The van der Waals surface area contributed by atoms with E-state index in [1.165, 1.54) is 0 Å². The quantitative estimate of drug-likeness (QED) is 0.715. The maximum absolute atomic E-state index is 9.02. The SMILES string of the molecule is C#CCOc1ccc(Br)cc1CNCC(C)(C)CCO. The molecule has 0 unspecified atom stereocenters. The van der Waals surface area contributed by atoms with Crippen molar-refractivity contribution >= 4 is 15.9 Å². The van der Waals surface area contributed by atoms with Gasteiger partial charge in [-0.15, -0.1) is 6.42 Å². The number of hydrogen-bond donors (Lipinski definition) is 2. The fourth-order valence-electron chi connectivity index (χ4n) is 1.87. The molecule has 3 nitrogen and oxygen atoms in total. The smallest absolute Gasteiger partial charge is 0.148 e. The van der Waals surface area contributed by atoms with Crippen LogP contribution in [0.4, 0.5) is 0 Å². The second-order valence-corrected chi connectivity index (χ2v) is 6.40. The third kappa shape index (κ3) is 5.96. The van der Waals surface area contributed by atoms with Gasteiger partial charge in [0.15, 0.2) is 0 Å². The third-order valence-corrected chi connectivity index (χ3v) is 3.53. The molecule has 0 aliphatic heterocycles. The lowest BCUT2D eigenvalue weighted by molar-refractivity contribution is 0.207. The third-order valence-electron chi connectivity index (χ3n) is 3.04. The second kappa shape index (κ2) is 8.31. The van der Waals surface area contributed by atoms with Crippen molar-refractivity contribution in [1.82, 2.24) is 5.32 Å². The second-order valence-electron chi connectivity index (χ2n) is 5.49. The molecule has 0 bridgehead atoms. The number of aliphatic hydroxyl groups excluding tert-OH is 1. The lowest BCUT2D eigenvalue weighted by atomic mass is 9.90. The Morgan fingerprint density at radius 1 is 1.45 bits per heavy atom. The van der Waals surface area contributed by atoms with Gasteiger partial charge in [0.1, 0.15) is 12.4 Å². The first-order valence-electron chi connectivity index (χ1n) is 6.65. The van der Waals surface area contributed by atoms with E-state index in [1.807, 2.05) is 18.2 Å². The van der Waals surface area contributed by atoms with Crippen LogP contribution >= 0.6 is 15.9 Å². The molecular formula is C16H22BrNO2. The van der Waals surface area contributed by atoms with Crippen LogP contribution in [0.1, 0.15) is 25.8 Å². The van der Waals surface area contributed by atoms with Gasteiger partial charge >= 0.3 is 0 Å². The highest BCUT2D eigenvalue weighted by Gasteiger charge is 2.16. The van der Waals surface area contributed by atoms with Crippen LogP contribution in [-0.4, -0.2) is 24.9 Å². The van der Waals surface area contributed by atoms with E-state index in [1.54, 1.807) is 0 Å². The fourth-order valence-corrected chi connectivity index (χ4v) is 2.28. The molecule has 0 saturated heterocycles. The van der Waals surface area contributed by atoms with Crippen LogP contribution in [0.3, 0.4) is 0 Å². The van der Waals surface area contributed by atoms with E-state index in [0.29, 0.717) is 6.54 Å². The zero-order valence-electron chi connectivity index (χ0n) is 12.1. The minimum absolute atomic E-state index is 0.0700. The van der Waals surface area contributed by atoms with Crippen LogP contribution < -0.4 is 10.1 Å². The molecule has 0 amide bonds. The van der Waals surface area contributed by atoms with Crippen molar-refractivity contribution in [1.29, 1.82) is 0 Å². The average Bonchev–Trinajstić information content (AvgIpc) is 2.37. The van der Waals surface area contributed by atoms with Crippen molar-refractivity contribution in [3.63, 3.8) is 0 Å².